The smallest absolute Gasteiger partial charge is 0.411 e. The first-order chi connectivity index (χ1) is 16.5. The maximum Gasteiger partial charge on any atom is 0.411 e. The van der Waals surface area contributed by atoms with E-state index in [0.29, 0.717) is 36.9 Å². The van der Waals surface area contributed by atoms with Crippen LogP contribution in [0, 0.1) is 0 Å². The van der Waals surface area contributed by atoms with Gasteiger partial charge in [-0.05, 0) is 41.7 Å². The number of hydrogen-bond acceptors (Lipinski definition) is 6. The molecule has 2 aromatic carbocycles. The lowest BCUT2D eigenvalue weighted by Gasteiger charge is -2.38. The second kappa shape index (κ2) is 7.90. The van der Waals surface area contributed by atoms with E-state index in [0.717, 1.165) is 12.0 Å². The van der Waals surface area contributed by atoms with Crippen molar-refractivity contribution in [3.63, 3.8) is 0 Å². The molecule has 174 valence electrons. The number of phenolic OH excluding ortho intramolecular Hbond substituents is 1. The molecular weight excluding hydrogens is 436 g/mol. The third-order valence-electron chi connectivity index (χ3n) is 7.28. The summed E-state index contributed by atoms with van der Waals surface area (Å²) in [6, 6.07) is 14.0. The molecule has 3 aromatic rings. The van der Waals surface area contributed by atoms with Crippen LogP contribution in [0.3, 0.4) is 0 Å². The van der Waals surface area contributed by atoms with E-state index >= 15 is 0 Å². The molecule has 8 heteroatoms. The van der Waals surface area contributed by atoms with Gasteiger partial charge in [0.05, 0.1) is 12.5 Å². The normalized spacial score (nSPS) is 22.1. The van der Waals surface area contributed by atoms with E-state index in [1.807, 2.05) is 17.0 Å². The predicted octanol–water partition coefficient (Wildman–Crippen LogP) is 3.15. The Morgan fingerprint density at radius 3 is 2.68 bits per heavy atom. The fourth-order valence-electron chi connectivity index (χ4n) is 5.69. The maximum absolute atomic E-state index is 13.1. The topological polar surface area (TPSA) is 100 Å². The number of carbonyl (C=O) groups excluding carboxylic acids is 2. The van der Waals surface area contributed by atoms with Gasteiger partial charge in [0.2, 0.25) is 5.91 Å². The van der Waals surface area contributed by atoms with Crippen LogP contribution in [0.15, 0.2) is 57.7 Å². The van der Waals surface area contributed by atoms with Crippen molar-refractivity contribution >= 4 is 23.0 Å². The lowest BCUT2D eigenvalue weighted by molar-refractivity contribution is -0.131. The Bertz CT molecular complexity index is 1360. The van der Waals surface area contributed by atoms with Gasteiger partial charge in [0, 0.05) is 43.1 Å². The van der Waals surface area contributed by atoms with Crippen LogP contribution in [0.5, 0.6) is 5.75 Å². The number of carbonyl (C=O) groups is 2. The number of rotatable bonds is 3. The van der Waals surface area contributed by atoms with Crippen molar-refractivity contribution < 1.29 is 23.8 Å². The average Bonchev–Trinajstić information content (AvgIpc) is 3.33. The number of ether oxygens (including phenoxy) is 1. The Morgan fingerprint density at radius 2 is 1.85 bits per heavy atom. The van der Waals surface area contributed by atoms with Crippen molar-refractivity contribution in [3.05, 3.63) is 75.6 Å². The largest absolute Gasteiger partial charge is 0.508 e. The highest BCUT2D eigenvalue weighted by atomic mass is 16.6. The van der Waals surface area contributed by atoms with Crippen LogP contribution in [-0.4, -0.2) is 52.1 Å². The van der Waals surface area contributed by atoms with Crippen LogP contribution >= 0.6 is 0 Å². The number of phenols is 1. The van der Waals surface area contributed by atoms with Gasteiger partial charge in [-0.15, -0.1) is 0 Å². The minimum Gasteiger partial charge on any atom is -0.508 e. The summed E-state index contributed by atoms with van der Waals surface area (Å²) in [7, 11) is 0. The SMILES string of the molecule is O=C(Cc1cc(=O)oc2cc(O)ccc12)N1CCC(N2C(=O)OC3Cc4ccccc4C32)CC1. The van der Waals surface area contributed by atoms with Crippen LogP contribution in [0.2, 0.25) is 0 Å². The molecule has 6 rings (SSSR count). The molecule has 2 aliphatic heterocycles. The standard InChI is InChI=1S/C26H24N2O6/c29-18-5-6-19-16(13-24(31)33-21(19)14-18)12-23(30)27-9-7-17(8-10-27)28-25-20-4-2-1-3-15(20)11-22(25)34-26(28)32/h1-6,13-14,17,22,25,29H,7-12H2. The van der Waals surface area contributed by atoms with Gasteiger partial charge in [0.1, 0.15) is 17.4 Å². The number of piperidine rings is 1. The molecule has 3 aliphatic rings. The molecule has 8 nitrogen and oxygen atoms in total. The highest BCUT2D eigenvalue weighted by Gasteiger charge is 2.50. The van der Waals surface area contributed by atoms with Crippen LogP contribution in [0.1, 0.15) is 35.6 Å². The Kier molecular flexibility index (Phi) is 4.83. The summed E-state index contributed by atoms with van der Waals surface area (Å²) < 4.78 is 10.9. The van der Waals surface area contributed by atoms with E-state index in [9.17, 15) is 19.5 Å². The summed E-state index contributed by atoms with van der Waals surface area (Å²) in [4.78, 5) is 41.4. The molecule has 2 unspecified atom stereocenters. The van der Waals surface area contributed by atoms with Gasteiger partial charge in [-0.3, -0.25) is 9.69 Å². The molecule has 2 atom stereocenters. The third kappa shape index (κ3) is 3.41. The lowest BCUT2D eigenvalue weighted by atomic mass is 9.98. The molecule has 34 heavy (non-hydrogen) atoms. The van der Waals surface area contributed by atoms with Gasteiger partial charge >= 0.3 is 11.7 Å². The lowest BCUT2D eigenvalue weighted by Crippen LogP contribution is -2.48. The number of likely N-dealkylation sites (tertiary alicyclic amines) is 1. The molecule has 1 N–H and O–H groups in total. The van der Waals surface area contributed by atoms with Crippen LogP contribution in [-0.2, 0) is 22.4 Å². The number of benzene rings is 2. The van der Waals surface area contributed by atoms with Crippen LogP contribution < -0.4 is 5.63 Å². The summed E-state index contributed by atoms with van der Waals surface area (Å²) in [5.41, 5.74) is 2.67. The zero-order valence-corrected chi connectivity index (χ0v) is 18.5. The van der Waals surface area contributed by atoms with E-state index in [2.05, 4.69) is 12.1 Å². The summed E-state index contributed by atoms with van der Waals surface area (Å²) in [6.45, 7) is 1.07. The second-order valence-corrected chi connectivity index (χ2v) is 9.24. The van der Waals surface area contributed by atoms with Gasteiger partial charge in [-0.1, -0.05) is 24.3 Å². The van der Waals surface area contributed by atoms with E-state index in [4.69, 9.17) is 9.15 Å². The van der Waals surface area contributed by atoms with Crippen molar-refractivity contribution in [1.82, 2.24) is 9.80 Å². The van der Waals surface area contributed by atoms with Gasteiger partial charge in [-0.2, -0.15) is 0 Å². The average molecular weight is 460 g/mol. The van der Waals surface area contributed by atoms with Crippen molar-refractivity contribution in [2.24, 2.45) is 0 Å². The molecule has 0 radical (unpaired) electrons. The monoisotopic (exact) mass is 460 g/mol. The van der Waals surface area contributed by atoms with Crippen molar-refractivity contribution in [3.8, 4) is 5.75 Å². The molecule has 0 spiro atoms. The van der Waals surface area contributed by atoms with Gasteiger partial charge in [0.15, 0.2) is 0 Å². The highest BCUT2D eigenvalue weighted by Crippen LogP contribution is 2.44. The molecule has 0 saturated carbocycles. The molecule has 3 heterocycles. The first-order valence-electron chi connectivity index (χ1n) is 11.6. The summed E-state index contributed by atoms with van der Waals surface area (Å²) in [5.74, 6) is -0.0831. The van der Waals surface area contributed by atoms with E-state index in [-0.39, 0.29) is 47.9 Å². The van der Waals surface area contributed by atoms with E-state index < -0.39 is 5.63 Å². The summed E-state index contributed by atoms with van der Waals surface area (Å²) in [5, 5.41) is 10.3. The van der Waals surface area contributed by atoms with Crippen LogP contribution in [0.25, 0.3) is 11.0 Å². The van der Waals surface area contributed by atoms with Gasteiger partial charge < -0.3 is 19.2 Å². The number of hydrogen-bond donors (Lipinski definition) is 1. The number of fused-ring (bicyclic) bond motifs is 4. The Hall–Kier alpha value is -3.81. The Labute approximate surface area is 195 Å². The fourth-order valence-corrected chi connectivity index (χ4v) is 5.69. The highest BCUT2D eigenvalue weighted by molar-refractivity contribution is 5.87. The van der Waals surface area contributed by atoms with E-state index in [1.165, 1.54) is 23.8 Å². The number of nitrogens with zero attached hydrogens (tertiary/aromatic N) is 2. The molecular formula is C26H24N2O6. The predicted molar refractivity (Wildman–Crippen MR) is 122 cm³/mol. The number of amides is 2. The summed E-state index contributed by atoms with van der Waals surface area (Å²) >= 11 is 0. The minimum absolute atomic E-state index is 0.00577. The van der Waals surface area contributed by atoms with Gasteiger partial charge in [0.25, 0.3) is 0 Å². The van der Waals surface area contributed by atoms with Crippen LogP contribution in [0.4, 0.5) is 4.79 Å². The molecule has 2 saturated heterocycles. The summed E-state index contributed by atoms with van der Waals surface area (Å²) in [6.07, 6.45) is 1.77. The Balaban J connectivity index is 1.16. The zero-order chi connectivity index (χ0) is 23.4. The molecule has 2 fully saturated rings. The van der Waals surface area contributed by atoms with E-state index in [1.54, 1.807) is 11.0 Å². The molecule has 2 amide bonds. The van der Waals surface area contributed by atoms with Crippen molar-refractivity contribution in [2.75, 3.05) is 13.1 Å². The Morgan fingerprint density at radius 1 is 1.06 bits per heavy atom. The second-order valence-electron chi connectivity index (χ2n) is 9.24. The first-order valence-corrected chi connectivity index (χ1v) is 11.6. The quantitative estimate of drug-likeness (QED) is 0.603. The van der Waals surface area contributed by atoms with Gasteiger partial charge in [-0.25, -0.2) is 9.59 Å². The zero-order valence-electron chi connectivity index (χ0n) is 18.5. The molecule has 1 aromatic heterocycles. The minimum atomic E-state index is -0.557. The fraction of sp³-hybridized carbons (Fsp3) is 0.346. The van der Waals surface area contributed by atoms with Crippen molar-refractivity contribution in [1.29, 1.82) is 0 Å². The third-order valence-corrected chi connectivity index (χ3v) is 7.28. The first kappa shape index (κ1) is 20.8. The maximum atomic E-state index is 13.1. The molecule has 0 bridgehead atoms. The van der Waals surface area contributed by atoms with Crippen molar-refractivity contribution in [2.45, 2.75) is 43.9 Å². The molecule has 1 aliphatic carbocycles. The number of aromatic hydroxyl groups is 1.